The number of aliphatic hydroxyl groups excluding tert-OH is 1. The highest BCUT2D eigenvalue weighted by Crippen LogP contribution is 2.11. The second-order valence-corrected chi connectivity index (χ2v) is 7.84. The fraction of sp³-hybridized carbons (Fsp3) is 0.476. The van der Waals surface area contributed by atoms with Crippen LogP contribution in [0.1, 0.15) is 32.3 Å². The van der Waals surface area contributed by atoms with Gasteiger partial charge in [-0.25, -0.2) is 4.79 Å². The average Bonchev–Trinajstić information content (AvgIpc) is 2.75. The van der Waals surface area contributed by atoms with Gasteiger partial charge in [-0.15, -0.1) is 0 Å². The summed E-state index contributed by atoms with van der Waals surface area (Å²) in [4.78, 5) is 59.8. The van der Waals surface area contributed by atoms with E-state index < -0.39 is 59.9 Å². The van der Waals surface area contributed by atoms with Gasteiger partial charge >= 0.3 is 5.97 Å². The number of aromatic hydroxyl groups is 1. The quantitative estimate of drug-likeness (QED) is 0.148. The molecule has 0 saturated heterocycles. The van der Waals surface area contributed by atoms with E-state index in [0.717, 1.165) is 0 Å². The van der Waals surface area contributed by atoms with Crippen LogP contribution in [0.15, 0.2) is 24.3 Å². The lowest BCUT2D eigenvalue weighted by atomic mass is 10.0. The van der Waals surface area contributed by atoms with Crippen LogP contribution in [0.3, 0.4) is 0 Å². The van der Waals surface area contributed by atoms with Crippen molar-refractivity contribution in [2.45, 2.75) is 63.4 Å². The van der Waals surface area contributed by atoms with Gasteiger partial charge in [-0.3, -0.25) is 19.2 Å². The number of benzene rings is 1. The van der Waals surface area contributed by atoms with Crippen LogP contribution in [0.4, 0.5) is 0 Å². The third kappa shape index (κ3) is 9.42. The molecule has 0 bridgehead atoms. The van der Waals surface area contributed by atoms with E-state index in [1.165, 1.54) is 26.0 Å². The van der Waals surface area contributed by atoms with Crippen molar-refractivity contribution in [1.29, 1.82) is 0 Å². The Kier molecular flexibility index (Phi) is 10.9. The largest absolute Gasteiger partial charge is 0.508 e. The second kappa shape index (κ2) is 13.1. The Morgan fingerprint density at radius 1 is 0.941 bits per heavy atom. The van der Waals surface area contributed by atoms with Gasteiger partial charge in [0, 0.05) is 6.42 Å². The van der Waals surface area contributed by atoms with Gasteiger partial charge in [-0.1, -0.05) is 12.1 Å². The molecule has 0 aliphatic heterocycles. The average molecular weight is 482 g/mol. The minimum Gasteiger partial charge on any atom is -0.508 e. The molecule has 0 aromatic heterocycles. The molecule has 188 valence electrons. The Bertz CT molecular complexity index is 890. The van der Waals surface area contributed by atoms with Crippen molar-refractivity contribution >= 4 is 29.6 Å². The monoisotopic (exact) mass is 481 g/mol. The number of phenolic OH excluding ortho intramolecular Hbond substituents is 1. The molecular weight excluding hydrogens is 450 g/mol. The van der Waals surface area contributed by atoms with Crippen molar-refractivity contribution in [2.24, 2.45) is 11.5 Å². The highest BCUT2D eigenvalue weighted by molar-refractivity contribution is 5.94. The first-order chi connectivity index (χ1) is 15.8. The van der Waals surface area contributed by atoms with Gasteiger partial charge in [0.1, 0.15) is 17.8 Å². The molecule has 10 N–H and O–H groups in total. The summed E-state index contributed by atoms with van der Waals surface area (Å²) < 4.78 is 0. The van der Waals surface area contributed by atoms with E-state index in [2.05, 4.69) is 16.0 Å². The normalized spacial score (nSPS) is 15.2. The Balaban J connectivity index is 2.82. The first kappa shape index (κ1) is 28.3. The van der Waals surface area contributed by atoms with Crippen LogP contribution in [0.2, 0.25) is 0 Å². The van der Waals surface area contributed by atoms with Gasteiger partial charge in [-0.2, -0.15) is 0 Å². The number of hydrogen-bond donors (Lipinski definition) is 8. The molecule has 1 aromatic rings. The van der Waals surface area contributed by atoms with Crippen LogP contribution in [0, 0.1) is 0 Å². The van der Waals surface area contributed by atoms with Gasteiger partial charge in [0.05, 0.1) is 12.1 Å². The molecule has 5 atom stereocenters. The van der Waals surface area contributed by atoms with Gasteiger partial charge < -0.3 is 42.7 Å². The van der Waals surface area contributed by atoms with Gasteiger partial charge in [0.25, 0.3) is 0 Å². The number of carboxylic acids is 1. The molecule has 0 heterocycles. The number of carbonyl (C=O) groups is 5. The maximum absolute atomic E-state index is 12.7. The minimum absolute atomic E-state index is 0.0474. The van der Waals surface area contributed by atoms with E-state index in [9.17, 15) is 34.2 Å². The lowest BCUT2D eigenvalue weighted by Crippen LogP contribution is -2.57. The third-order valence-electron chi connectivity index (χ3n) is 4.84. The van der Waals surface area contributed by atoms with Gasteiger partial charge in [0.2, 0.25) is 23.6 Å². The van der Waals surface area contributed by atoms with Crippen LogP contribution < -0.4 is 27.4 Å². The molecule has 13 heteroatoms. The minimum atomic E-state index is -1.59. The molecule has 5 unspecified atom stereocenters. The van der Waals surface area contributed by atoms with Crippen molar-refractivity contribution in [3.05, 3.63) is 29.8 Å². The molecule has 1 rings (SSSR count). The number of primary amides is 1. The Hall–Kier alpha value is -3.71. The molecular formula is C21H31N5O8. The maximum atomic E-state index is 12.7. The number of carbonyl (C=O) groups excluding carboxylic acids is 4. The van der Waals surface area contributed by atoms with Gasteiger partial charge in [-0.05, 0) is 44.4 Å². The third-order valence-corrected chi connectivity index (χ3v) is 4.84. The van der Waals surface area contributed by atoms with E-state index >= 15 is 0 Å². The molecule has 0 saturated carbocycles. The summed E-state index contributed by atoms with van der Waals surface area (Å²) >= 11 is 0. The highest BCUT2D eigenvalue weighted by atomic mass is 16.4. The van der Waals surface area contributed by atoms with Gasteiger partial charge in [0.15, 0.2) is 6.04 Å². The topological polar surface area (TPSA) is 234 Å². The summed E-state index contributed by atoms with van der Waals surface area (Å²) in [5, 5.41) is 34.7. The summed E-state index contributed by atoms with van der Waals surface area (Å²) in [6.07, 6.45) is -1.69. The Morgan fingerprint density at radius 2 is 1.53 bits per heavy atom. The first-order valence-corrected chi connectivity index (χ1v) is 10.5. The number of nitrogens with two attached hydrogens (primary N) is 2. The molecule has 13 nitrogen and oxygen atoms in total. The summed E-state index contributed by atoms with van der Waals surface area (Å²) in [5.41, 5.74) is 11.7. The number of aliphatic carboxylic acids is 1. The molecule has 0 aliphatic rings. The zero-order valence-corrected chi connectivity index (χ0v) is 18.9. The number of aliphatic hydroxyl groups is 1. The summed E-state index contributed by atoms with van der Waals surface area (Å²) in [6.45, 7) is 2.46. The Morgan fingerprint density at radius 3 is 2.03 bits per heavy atom. The van der Waals surface area contributed by atoms with Crippen molar-refractivity contribution in [3.63, 3.8) is 0 Å². The number of amides is 4. The zero-order chi connectivity index (χ0) is 26.0. The maximum Gasteiger partial charge on any atom is 0.328 e. The van der Waals surface area contributed by atoms with E-state index in [0.29, 0.717) is 5.56 Å². The van der Waals surface area contributed by atoms with E-state index in [4.69, 9.17) is 16.6 Å². The van der Waals surface area contributed by atoms with Crippen LogP contribution in [-0.4, -0.2) is 75.2 Å². The summed E-state index contributed by atoms with van der Waals surface area (Å²) in [7, 11) is 0. The predicted molar refractivity (Wildman–Crippen MR) is 119 cm³/mol. The summed E-state index contributed by atoms with van der Waals surface area (Å²) in [6, 6.07) is 0.894. The summed E-state index contributed by atoms with van der Waals surface area (Å²) in [5.74, 6) is -4.53. The van der Waals surface area contributed by atoms with Crippen molar-refractivity contribution in [2.75, 3.05) is 0 Å². The standard InChI is InChI=1S/C21H31N5O8/c1-10(18(30)26-17(11(2)27)21(33)34)24-20(32)15(7-8-16(23)29)25-19(31)14(22)9-12-3-5-13(28)6-4-12/h3-6,10-11,14-15,17,27-28H,7-9,22H2,1-2H3,(H2,23,29)(H,24,32)(H,25,31)(H,26,30)(H,33,34). The number of rotatable bonds is 13. The number of phenols is 1. The molecule has 0 fully saturated rings. The molecule has 4 amide bonds. The van der Waals surface area contributed by atoms with Crippen LogP contribution in [0.25, 0.3) is 0 Å². The number of carboxylic acid groups (broad SMARTS) is 1. The SMILES string of the molecule is CC(NC(=O)C(CCC(N)=O)NC(=O)C(N)Cc1ccc(O)cc1)C(=O)NC(C(=O)O)C(C)O. The number of nitrogens with one attached hydrogen (secondary N) is 3. The molecule has 0 spiro atoms. The van der Waals surface area contributed by atoms with E-state index in [-0.39, 0.29) is 25.0 Å². The fourth-order valence-electron chi connectivity index (χ4n) is 2.86. The second-order valence-electron chi connectivity index (χ2n) is 7.84. The van der Waals surface area contributed by atoms with E-state index in [1.54, 1.807) is 12.1 Å². The molecule has 34 heavy (non-hydrogen) atoms. The number of hydrogen-bond acceptors (Lipinski definition) is 8. The lowest BCUT2D eigenvalue weighted by Gasteiger charge is -2.24. The first-order valence-electron chi connectivity index (χ1n) is 10.5. The van der Waals surface area contributed by atoms with Crippen LogP contribution in [-0.2, 0) is 30.4 Å². The lowest BCUT2D eigenvalue weighted by molar-refractivity contribution is -0.145. The van der Waals surface area contributed by atoms with Crippen molar-refractivity contribution in [3.8, 4) is 5.75 Å². The Labute approximate surface area is 195 Å². The van der Waals surface area contributed by atoms with Crippen molar-refractivity contribution in [1.82, 2.24) is 16.0 Å². The molecule has 1 aromatic carbocycles. The zero-order valence-electron chi connectivity index (χ0n) is 18.9. The van der Waals surface area contributed by atoms with E-state index in [1.807, 2.05) is 0 Å². The smallest absolute Gasteiger partial charge is 0.328 e. The fourth-order valence-corrected chi connectivity index (χ4v) is 2.86. The molecule has 0 radical (unpaired) electrons. The van der Waals surface area contributed by atoms with Crippen LogP contribution >= 0.6 is 0 Å². The highest BCUT2D eigenvalue weighted by Gasteiger charge is 2.30. The van der Waals surface area contributed by atoms with Crippen molar-refractivity contribution < 1.29 is 39.3 Å². The predicted octanol–water partition coefficient (Wildman–Crippen LogP) is -2.53. The van der Waals surface area contributed by atoms with Crippen LogP contribution in [0.5, 0.6) is 5.75 Å². The molecule has 0 aliphatic carbocycles.